The van der Waals surface area contributed by atoms with Crippen LogP contribution in [0.4, 0.5) is 0 Å². The van der Waals surface area contributed by atoms with Crippen LogP contribution in [0.1, 0.15) is 58.6 Å². The third kappa shape index (κ3) is 3.04. The molecule has 0 atom stereocenters. The van der Waals surface area contributed by atoms with Gasteiger partial charge in [0.25, 0.3) is 5.91 Å². The Hall–Kier alpha value is -2.64. The van der Waals surface area contributed by atoms with Gasteiger partial charge in [-0.25, -0.2) is 4.79 Å². The second-order valence-electron chi connectivity index (χ2n) is 6.09. The lowest BCUT2D eigenvalue weighted by Crippen LogP contribution is -2.30. The van der Waals surface area contributed by atoms with E-state index in [0.29, 0.717) is 31.1 Å². The highest BCUT2D eigenvalue weighted by atomic mass is 16.5. The van der Waals surface area contributed by atoms with Crippen molar-refractivity contribution in [3.05, 3.63) is 35.0 Å². The Morgan fingerprint density at radius 2 is 2.04 bits per heavy atom. The van der Waals surface area contributed by atoms with Crippen LogP contribution in [0, 0.1) is 0 Å². The first-order valence-corrected chi connectivity index (χ1v) is 7.90. The zero-order valence-electron chi connectivity index (χ0n) is 14.0. The Balaban J connectivity index is 1.80. The van der Waals surface area contributed by atoms with Gasteiger partial charge in [0, 0.05) is 25.1 Å². The second-order valence-corrected chi connectivity index (χ2v) is 6.09. The maximum Gasteiger partial charge on any atom is 0.358 e. The van der Waals surface area contributed by atoms with Crippen LogP contribution in [0.3, 0.4) is 0 Å². The number of aromatic nitrogens is 3. The molecule has 0 aliphatic carbocycles. The number of amides is 1. The van der Waals surface area contributed by atoms with Gasteiger partial charge in [0.1, 0.15) is 5.76 Å². The first-order chi connectivity index (χ1) is 11.5. The molecule has 8 heteroatoms. The number of hydrogen-bond acceptors (Lipinski definition) is 6. The molecule has 2 aromatic rings. The van der Waals surface area contributed by atoms with Crippen LogP contribution in [-0.2, 0) is 17.8 Å². The van der Waals surface area contributed by atoms with E-state index in [1.807, 2.05) is 13.8 Å². The summed E-state index contributed by atoms with van der Waals surface area (Å²) in [5, 5.41) is 8.13. The minimum Gasteiger partial charge on any atom is -0.464 e. The van der Waals surface area contributed by atoms with Gasteiger partial charge in [0.15, 0.2) is 11.4 Å². The quantitative estimate of drug-likeness (QED) is 0.797. The molecule has 24 heavy (non-hydrogen) atoms. The summed E-state index contributed by atoms with van der Waals surface area (Å²) in [6.45, 7) is 5.57. The predicted molar refractivity (Wildman–Crippen MR) is 83.5 cm³/mol. The molecule has 0 spiro atoms. The minimum absolute atomic E-state index is 0.173. The van der Waals surface area contributed by atoms with Crippen LogP contribution < -0.4 is 0 Å². The average Bonchev–Trinajstić information content (AvgIpc) is 3.16. The molecule has 0 N–H and O–H groups in total. The zero-order chi connectivity index (χ0) is 17.3. The van der Waals surface area contributed by atoms with E-state index in [0.717, 1.165) is 12.1 Å². The molecule has 0 radical (unpaired) electrons. The lowest BCUT2D eigenvalue weighted by molar-refractivity contribution is 0.0593. The van der Waals surface area contributed by atoms with Crippen molar-refractivity contribution in [3.8, 4) is 0 Å². The number of methoxy groups -OCH3 is 1. The van der Waals surface area contributed by atoms with Crippen LogP contribution in [0.25, 0.3) is 0 Å². The standard InChI is InChI=1S/C16H20N4O4/c1-10(2)14-8-12(18-24-14)15(21)19-5-4-6-20-11(9-19)7-13(17-20)16(22)23-3/h7-8,10H,4-6,9H2,1-3H3. The van der Waals surface area contributed by atoms with E-state index >= 15 is 0 Å². The van der Waals surface area contributed by atoms with Gasteiger partial charge in [-0.2, -0.15) is 5.10 Å². The summed E-state index contributed by atoms with van der Waals surface area (Å²) >= 11 is 0. The SMILES string of the molecule is COC(=O)c1cc2n(n1)CCCN(C(=O)c1cc(C(C)C)on1)C2. The number of rotatable bonds is 3. The number of aryl methyl sites for hydroxylation is 1. The monoisotopic (exact) mass is 332 g/mol. The average molecular weight is 332 g/mol. The number of carbonyl (C=O) groups is 2. The van der Waals surface area contributed by atoms with Crippen molar-refractivity contribution in [2.24, 2.45) is 0 Å². The van der Waals surface area contributed by atoms with Crippen molar-refractivity contribution in [2.75, 3.05) is 13.7 Å². The molecule has 0 unspecified atom stereocenters. The van der Waals surface area contributed by atoms with E-state index in [9.17, 15) is 9.59 Å². The molecule has 8 nitrogen and oxygen atoms in total. The molecule has 1 aliphatic rings. The van der Waals surface area contributed by atoms with Gasteiger partial charge in [-0.1, -0.05) is 19.0 Å². The van der Waals surface area contributed by atoms with Crippen molar-refractivity contribution >= 4 is 11.9 Å². The first kappa shape index (κ1) is 16.2. The number of carbonyl (C=O) groups excluding carboxylic acids is 2. The van der Waals surface area contributed by atoms with E-state index in [2.05, 4.69) is 10.3 Å². The van der Waals surface area contributed by atoms with E-state index in [1.54, 1.807) is 21.7 Å². The lowest BCUT2D eigenvalue weighted by Gasteiger charge is -2.18. The van der Waals surface area contributed by atoms with Crippen LogP contribution in [0.5, 0.6) is 0 Å². The Morgan fingerprint density at radius 3 is 2.71 bits per heavy atom. The third-order valence-electron chi connectivity index (χ3n) is 4.01. The van der Waals surface area contributed by atoms with Gasteiger partial charge < -0.3 is 14.2 Å². The molecule has 0 fully saturated rings. The van der Waals surface area contributed by atoms with E-state index in [1.165, 1.54) is 7.11 Å². The Morgan fingerprint density at radius 1 is 1.25 bits per heavy atom. The van der Waals surface area contributed by atoms with Crippen LogP contribution in [-0.4, -0.2) is 45.4 Å². The summed E-state index contributed by atoms with van der Waals surface area (Å²) in [5.41, 5.74) is 1.36. The fourth-order valence-electron chi connectivity index (χ4n) is 2.66. The highest BCUT2D eigenvalue weighted by Gasteiger charge is 2.25. The van der Waals surface area contributed by atoms with Crippen molar-refractivity contribution in [1.82, 2.24) is 19.8 Å². The van der Waals surface area contributed by atoms with Crippen LogP contribution in [0.2, 0.25) is 0 Å². The molecule has 0 saturated heterocycles. The number of hydrogen-bond donors (Lipinski definition) is 0. The Labute approximate surface area is 139 Å². The van der Waals surface area contributed by atoms with Crippen molar-refractivity contribution < 1.29 is 18.8 Å². The number of esters is 1. The highest BCUT2D eigenvalue weighted by molar-refractivity contribution is 5.92. The predicted octanol–water partition coefficient (Wildman–Crippen LogP) is 1.83. The maximum absolute atomic E-state index is 12.7. The van der Waals surface area contributed by atoms with E-state index < -0.39 is 5.97 Å². The highest BCUT2D eigenvalue weighted by Crippen LogP contribution is 2.19. The molecule has 2 aromatic heterocycles. The fraction of sp³-hybridized carbons (Fsp3) is 0.500. The van der Waals surface area contributed by atoms with Gasteiger partial charge in [-0.05, 0) is 12.5 Å². The summed E-state index contributed by atoms with van der Waals surface area (Å²) in [4.78, 5) is 26.0. The van der Waals surface area contributed by atoms with Crippen molar-refractivity contribution in [3.63, 3.8) is 0 Å². The molecule has 3 heterocycles. The van der Waals surface area contributed by atoms with Crippen LogP contribution >= 0.6 is 0 Å². The molecule has 128 valence electrons. The smallest absolute Gasteiger partial charge is 0.358 e. The number of ether oxygens (including phenoxy) is 1. The summed E-state index contributed by atoms with van der Waals surface area (Å²) < 4.78 is 11.7. The van der Waals surface area contributed by atoms with Crippen LogP contribution in [0.15, 0.2) is 16.7 Å². The number of fused-ring (bicyclic) bond motifs is 1. The van der Waals surface area contributed by atoms with Crippen molar-refractivity contribution in [1.29, 1.82) is 0 Å². The van der Waals surface area contributed by atoms with E-state index in [4.69, 9.17) is 9.26 Å². The minimum atomic E-state index is -0.480. The Bertz CT molecular complexity index is 762. The lowest BCUT2D eigenvalue weighted by atomic mass is 10.1. The largest absolute Gasteiger partial charge is 0.464 e. The summed E-state index contributed by atoms with van der Waals surface area (Å²) in [7, 11) is 1.32. The molecule has 1 amide bonds. The van der Waals surface area contributed by atoms with Gasteiger partial charge >= 0.3 is 5.97 Å². The normalized spacial score (nSPS) is 14.4. The molecule has 0 aromatic carbocycles. The number of nitrogens with zero attached hydrogens (tertiary/aromatic N) is 4. The zero-order valence-corrected chi connectivity index (χ0v) is 14.0. The molecular formula is C16H20N4O4. The van der Waals surface area contributed by atoms with Gasteiger partial charge in [-0.15, -0.1) is 0 Å². The molecule has 0 bridgehead atoms. The first-order valence-electron chi connectivity index (χ1n) is 7.90. The van der Waals surface area contributed by atoms with Gasteiger partial charge in [-0.3, -0.25) is 9.48 Å². The topological polar surface area (TPSA) is 90.5 Å². The summed E-state index contributed by atoms with van der Waals surface area (Å²) in [5.74, 6) is 0.199. The van der Waals surface area contributed by atoms with Gasteiger partial charge in [0.2, 0.25) is 0 Å². The fourth-order valence-corrected chi connectivity index (χ4v) is 2.66. The molecular weight excluding hydrogens is 312 g/mol. The maximum atomic E-state index is 12.7. The van der Waals surface area contributed by atoms with Crippen molar-refractivity contribution in [2.45, 2.75) is 39.3 Å². The molecule has 1 aliphatic heterocycles. The summed E-state index contributed by atoms with van der Waals surface area (Å²) in [6.07, 6.45) is 0.746. The Kier molecular flexibility index (Phi) is 4.37. The second kappa shape index (κ2) is 6.46. The molecule has 3 rings (SSSR count). The third-order valence-corrected chi connectivity index (χ3v) is 4.01. The summed E-state index contributed by atoms with van der Waals surface area (Å²) in [6, 6.07) is 3.36. The van der Waals surface area contributed by atoms with E-state index in [-0.39, 0.29) is 17.5 Å². The van der Waals surface area contributed by atoms with Gasteiger partial charge in [0.05, 0.1) is 19.3 Å². The molecule has 0 saturated carbocycles.